The summed E-state index contributed by atoms with van der Waals surface area (Å²) in [5.74, 6) is 1.43. The molecule has 1 aromatic rings. The van der Waals surface area contributed by atoms with E-state index in [4.69, 9.17) is 15.2 Å². The molecule has 0 unspecified atom stereocenters. The molecule has 2 aliphatic rings. The molecule has 1 aromatic carbocycles. The van der Waals surface area contributed by atoms with Crippen LogP contribution in [0.2, 0.25) is 0 Å². The van der Waals surface area contributed by atoms with E-state index in [9.17, 15) is 9.59 Å². The van der Waals surface area contributed by atoms with E-state index < -0.39 is 0 Å². The van der Waals surface area contributed by atoms with Crippen molar-refractivity contribution in [3.63, 3.8) is 0 Å². The molecule has 2 fully saturated rings. The highest BCUT2D eigenvalue weighted by atomic mass is 16.5. The van der Waals surface area contributed by atoms with E-state index in [1.54, 1.807) is 13.8 Å². The van der Waals surface area contributed by atoms with Gasteiger partial charge in [0.1, 0.15) is 0 Å². The van der Waals surface area contributed by atoms with Crippen LogP contribution in [0.4, 0.5) is 5.69 Å². The average molecular weight is 469 g/mol. The molecular formula is C29H42NO4+. The Labute approximate surface area is 204 Å². The summed E-state index contributed by atoms with van der Waals surface area (Å²) in [5, 5.41) is 0. The third-order valence-corrected chi connectivity index (χ3v) is 7.52. The highest BCUT2D eigenvalue weighted by molar-refractivity contribution is 5.88. The fourth-order valence-corrected chi connectivity index (χ4v) is 5.41. The van der Waals surface area contributed by atoms with Gasteiger partial charge in [-0.25, -0.2) is 4.79 Å². The van der Waals surface area contributed by atoms with Crippen molar-refractivity contribution < 1.29 is 19.1 Å². The lowest BCUT2D eigenvalue weighted by Gasteiger charge is -2.30. The molecule has 3 rings (SSSR count). The Kier molecular flexibility index (Phi) is 9.37. The zero-order chi connectivity index (χ0) is 24.7. The lowest BCUT2D eigenvalue weighted by atomic mass is 9.76. The van der Waals surface area contributed by atoms with Crippen molar-refractivity contribution in [2.24, 2.45) is 5.92 Å². The summed E-state index contributed by atoms with van der Waals surface area (Å²) in [4.78, 5) is 21.3. The van der Waals surface area contributed by atoms with Gasteiger partial charge in [-0.2, -0.15) is 0 Å². The van der Waals surface area contributed by atoms with Gasteiger partial charge in [-0.15, -0.1) is 0 Å². The molecule has 5 heteroatoms. The lowest BCUT2D eigenvalue weighted by molar-refractivity contribution is -0.139. The monoisotopic (exact) mass is 468 g/mol. The minimum atomic E-state index is -0.285. The van der Waals surface area contributed by atoms with Crippen LogP contribution >= 0.6 is 0 Å². The Morgan fingerprint density at radius 1 is 1.00 bits per heavy atom. The van der Waals surface area contributed by atoms with Gasteiger partial charge in [0.15, 0.2) is 6.10 Å². The summed E-state index contributed by atoms with van der Waals surface area (Å²) in [6, 6.07) is 6.74. The molecule has 3 N–H and O–H groups in total. The fraction of sp³-hybridized carbons (Fsp3) is 0.586. The van der Waals surface area contributed by atoms with Crippen molar-refractivity contribution in [3.05, 3.63) is 53.6 Å². The van der Waals surface area contributed by atoms with Gasteiger partial charge < -0.3 is 20.0 Å². The Morgan fingerprint density at radius 3 is 2.24 bits per heavy atom. The first kappa shape index (κ1) is 26.1. The summed E-state index contributed by atoms with van der Waals surface area (Å²) in [5.41, 5.74) is 11.1. The van der Waals surface area contributed by atoms with Crippen LogP contribution in [0.15, 0.2) is 42.5 Å². The molecular weight excluding hydrogens is 426 g/mol. The largest absolute Gasteiger partial charge is 0.512 e. The number of anilines is 1. The molecule has 34 heavy (non-hydrogen) atoms. The number of benzene rings is 1. The quantitative estimate of drug-likeness (QED) is 0.146. The van der Waals surface area contributed by atoms with Gasteiger partial charge in [-0.05, 0) is 100 Å². The zero-order valence-corrected chi connectivity index (χ0v) is 21.0. The van der Waals surface area contributed by atoms with Crippen molar-refractivity contribution in [2.75, 3.05) is 12.3 Å². The third-order valence-electron chi connectivity index (χ3n) is 7.52. The van der Waals surface area contributed by atoms with Crippen LogP contribution in [0.25, 0.3) is 0 Å². The molecule has 2 aliphatic carbocycles. The molecule has 0 saturated heterocycles. The van der Waals surface area contributed by atoms with Crippen molar-refractivity contribution >= 4 is 17.6 Å². The maximum absolute atomic E-state index is 11.5. The van der Waals surface area contributed by atoms with Gasteiger partial charge in [-0.3, -0.25) is 0 Å². The van der Waals surface area contributed by atoms with Crippen LogP contribution in [0.1, 0.15) is 101 Å². The first-order valence-corrected chi connectivity index (χ1v) is 12.8. The second-order valence-corrected chi connectivity index (χ2v) is 10.3. The van der Waals surface area contributed by atoms with E-state index in [-0.39, 0.29) is 18.0 Å². The van der Waals surface area contributed by atoms with Crippen LogP contribution in [0.5, 0.6) is 0 Å². The molecule has 0 spiro atoms. The first-order chi connectivity index (χ1) is 16.2. The van der Waals surface area contributed by atoms with E-state index in [0.29, 0.717) is 29.6 Å². The Morgan fingerprint density at radius 2 is 1.65 bits per heavy atom. The second kappa shape index (κ2) is 12.2. The summed E-state index contributed by atoms with van der Waals surface area (Å²) >= 11 is 0. The summed E-state index contributed by atoms with van der Waals surface area (Å²) in [7, 11) is 0. The number of hydrogen-bond acceptors (Lipinski definition) is 4. The predicted molar refractivity (Wildman–Crippen MR) is 138 cm³/mol. The standard InChI is InChI=1S/C29H41NO4/c1-19(2)28(31)33-17-5-6-21-7-9-22(10-8-21)24-13-16-26(27(30)18-24)23-11-14-25(15-12-23)34-29(32)20(3)4/h13,16,18,21-23,25H,1,3,5-12,14-15,17,30H2,2,4H3/p+1. The Balaban J connectivity index is 1.43. The highest BCUT2D eigenvalue weighted by Gasteiger charge is 2.31. The predicted octanol–water partition coefficient (Wildman–Crippen LogP) is 6.56. The smallest absolute Gasteiger partial charge is 0.462 e. The Bertz CT molecular complexity index is 889. The molecule has 0 atom stereocenters. The molecule has 2 saturated carbocycles. The van der Waals surface area contributed by atoms with Crippen LogP contribution in [0, 0.1) is 5.92 Å². The number of rotatable bonds is 9. The Hall–Kier alpha value is -2.56. The van der Waals surface area contributed by atoms with Crippen molar-refractivity contribution in [1.82, 2.24) is 0 Å². The van der Waals surface area contributed by atoms with Crippen LogP contribution < -0.4 is 5.73 Å². The van der Waals surface area contributed by atoms with Crippen LogP contribution in [0.3, 0.4) is 0 Å². The van der Waals surface area contributed by atoms with E-state index in [2.05, 4.69) is 31.4 Å². The number of carbonyl (C=O) groups excluding carboxylic acids is 2. The summed E-state index contributed by atoms with van der Waals surface area (Å²) < 4.78 is 10.9. The lowest BCUT2D eigenvalue weighted by Crippen LogP contribution is -2.24. The van der Waals surface area contributed by atoms with Crippen LogP contribution in [-0.2, 0) is 14.3 Å². The van der Waals surface area contributed by atoms with Crippen molar-refractivity contribution in [1.29, 1.82) is 0 Å². The number of nitrogens with two attached hydrogens (primary N) is 1. The fourth-order valence-electron chi connectivity index (χ4n) is 5.41. The van der Waals surface area contributed by atoms with Crippen LogP contribution in [-0.4, -0.2) is 29.4 Å². The zero-order valence-electron chi connectivity index (χ0n) is 21.0. The topological polar surface area (TPSA) is 83.0 Å². The van der Waals surface area contributed by atoms with Gasteiger partial charge in [0.2, 0.25) is 0 Å². The van der Waals surface area contributed by atoms with E-state index in [0.717, 1.165) is 50.1 Å². The number of hydrogen-bond donors (Lipinski definition) is 1. The second-order valence-electron chi connectivity index (χ2n) is 10.3. The van der Waals surface area contributed by atoms with Gasteiger partial charge >= 0.3 is 11.9 Å². The highest BCUT2D eigenvalue weighted by Crippen LogP contribution is 2.41. The number of nitrogen functional groups attached to an aromatic ring is 1. The molecule has 0 amide bonds. The molecule has 0 aliphatic heterocycles. The molecule has 0 radical (unpaired) electrons. The number of ether oxygens (including phenoxy) is 2. The van der Waals surface area contributed by atoms with Gasteiger partial charge in [0, 0.05) is 24.1 Å². The number of carbonyl (C=O) groups is 1. The molecule has 0 aromatic heterocycles. The molecule has 5 nitrogen and oxygen atoms in total. The van der Waals surface area contributed by atoms with E-state index >= 15 is 0 Å². The van der Waals surface area contributed by atoms with E-state index in [1.807, 2.05) is 0 Å². The minimum absolute atomic E-state index is 0.0340. The average Bonchev–Trinajstić information content (AvgIpc) is 2.82. The van der Waals surface area contributed by atoms with Gasteiger partial charge in [0.25, 0.3) is 0 Å². The maximum atomic E-state index is 11.5. The van der Waals surface area contributed by atoms with E-state index in [1.165, 1.54) is 36.8 Å². The van der Waals surface area contributed by atoms with Gasteiger partial charge in [0.05, 0.1) is 12.2 Å². The molecule has 186 valence electrons. The number of esters is 2. The van der Waals surface area contributed by atoms with Gasteiger partial charge in [-0.1, -0.05) is 25.3 Å². The normalized spacial score (nSPS) is 24.8. The summed E-state index contributed by atoms with van der Waals surface area (Å²) in [6.07, 6.45) is 10.8. The van der Waals surface area contributed by atoms with Crippen molar-refractivity contribution in [3.8, 4) is 0 Å². The van der Waals surface area contributed by atoms with Crippen molar-refractivity contribution in [2.45, 2.75) is 96.0 Å². The maximum Gasteiger partial charge on any atom is 0.512 e. The minimum Gasteiger partial charge on any atom is -0.462 e. The summed E-state index contributed by atoms with van der Waals surface area (Å²) in [6.45, 7) is 11.3. The third kappa shape index (κ3) is 7.22. The first-order valence-electron chi connectivity index (χ1n) is 12.8. The SMILES string of the molecule is C=C(C)C(=O)OCCCC1CCC(c2ccc(C3CCC(OC(=[OH+])C(=C)C)CC3)c(N)c2)CC1. The molecule has 0 heterocycles. The molecule has 0 bridgehead atoms.